The Labute approximate surface area is 94.6 Å². The molecule has 1 aromatic heterocycles. The van der Waals surface area contributed by atoms with Crippen molar-refractivity contribution < 1.29 is 5.21 Å². The van der Waals surface area contributed by atoms with E-state index in [1.54, 1.807) is 18.0 Å². The van der Waals surface area contributed by atoms with Crippen molar-refractivity contribution in [2.45, 2.75) is 37.5 Å². The Balaban J connectivity index is 2.92. The Morgan fingerprint density at radius 3 is 2.60 bits per heavy atom. The van der Waals surface area contributed by atoms with Crippen LogP contribution in [0, 0.1) is 6.92 Å². The van der Waals surface area contributed by atoms with E-state index in [1.807, 2.05) is 13.0 Å². The van der Waals surface area contributed by atoms with Crippen molar-refractivity contribution in [2.75, 3.05) is 0 Å². The second kappa shape index (κ2) is 4.66. The standard InChI is InChI=1S/C11H16N2OS/c1-8-5-10(15-11(2,3)4)12-6-9(8)7-13-14/h5-7,14H,1-4H3/b13-7+. The molecule has 4 heteroatoms. The van der Waals surface area contributed by atoms with Crippen LogP contribution in [0.3, 0.4) is 0 Å². The van der Waals surface area contributed by atoms with Crippen molar-refractivity contribution in [1.29, 1.82) is 0 Å². The number of rotatable bonds is 2. The molecule has 0 aliphatic heterocycles. The van der Waals surface area contributed by atoms with E-state index >= 15 is 0 Å². The molecule has 15 heavy (non-hydrogen) atoms. The third kappa shape index (κ3) is 3.91. The molecule has 1 N–H and O–H groups in total. The SMILES string of the molecule is Cc1cc(SC(C)(C)C)ncc1/C=N/O. The summed E-state index contributed by atoms with van der Waals surface area (Å²) in [6.07, 6.45) is 3.12. The Kier molecular flexibility index (Phi) is 3.74. The van der Waals surface area contributed by atoms with Crippen molar-refractivity contribution in [1.82, 2.24) is 4.98 Å². The molecule has 1 heterocycles. The van der Waals surface area contributed by atoms with Crippen molar-refractivity contribution in [3.8, 4) is 0 Å². The van der Waals surface area contributed by atoms with E-state index in [9.17, 15) is 0 Å². The fourth-order valence-corrected chi connectivity index (χ4v) is 2.08. The highest BCUT2D eigenvalue weighted by Crippen LogP contribution is 2.30. The van der Waals surface area contributed by atoms with Gasteiger partial charge in [0.05, 0.1) is 11.2 Å². The Hall–Kier alpha value is -1.03. The van der Waals surface area contributed by atoms with Crippen LogP contribution < -0.4 is 0 Å². The normalized spacial score (nSPS) is 12.3. The molecule has 0 saturated carbocycles. The summed E-state index contributed by atoms with van der Waals surface area (Å²) in [7, 11) is 0. The van der Waals surface area contributed by atoms with Gasteiger partial charge in [0.1, 0.15) is 0 Å². The van der Waals surface area contributed by atoms with Crippen LogP contribution in [0.4, 0.5) is 0 Å². The molecular formula is C11H16N2OS. The van der Waals surface area contributed by atoms with Crippen molar-refractivity contribution in [3.05, 3.63) is 23.4 Å². The molecule has 0 fully saturated rings. The van der Waals surface area contributed by atoms with Gasteiger partial charge in [-0.05, 0) is 18.6 Å². The number of hydrogen-bond acceptors (Lipinski definition) is 4. The average molecular weight is 224 g/mol. The third-order valence-electron chi connectivity index (χ3n) is 1.73. The summed E-state index contributed by atoms with van der Waals surface area (Å²) in [5.41, 5.74) is 1.91. The molecule has 1 rings (SSSR count). The minimum atomic E-state index is 0.159. The highest BCUT2D eigenvalue weighted by atomic mass is 32.2. The first kappa shape index (κ1) is 12.0. The molecule has 0 amide bonds. The van der Waals surface area contributed by atoms with Crippen LogP contribution in [0.25, 0.3) is 0 Å². The molecule has 1 aromatic rings. The van der Waals surface area contributed by atoms with Gasteiger partial charge in [0, 0.05) is 16.5 Å². The van der Waals surface area contributed by atoms with E-state index in [0.29, 0.717) is 0 Å². The lowest BCUT2D eigenvalue weighted by Gasteiger charge is -2.17. The molecule has 0 spiro atoms. The largest absolute Gasteiger partial charge is 0.411 e. The molecule has 0 unspecified atom stereocenters. The van der Waals surface area contributed by atoms with Crippen LogP contribution in [-0.2, 0) is 0 Å². The van der Waals surface area contributed by atoms with Gasteiger partial charge in [0.2, 0.25) is 0 Å². The maximum absolute atomic E-state index is 8.44. The van der Waals surface area contributed by atoms with Gasteiger partial charge in [0.15, 0.2) is 0 Å². The van der Waals surface area contributed by atoms with E-state index in [-0.39, 0.29) is 4.75 Å². The van der Waals surface area contributed by atoms with Crippen molar-refractivity contribution in [2.24, 2.45) is 5.16 Å². The predicted octanol–water partition coefficient (Wildman–Crippen LogP) is 3.09. The zero-order valence-corrected chi connectivity index (χ0v) is 10.3. The number of oxime groups is 1. The van der Waals surface area contributed by atoms with Gasteiger partial charge in [-0.1, -0.05) is 25.9 Å². The minimum absolute atomic E-state index is 0.159. The van der Waals surface area contributed by atoms with Gasteiger partial charge in [-0.2, -0.15) is 0 Å². The molecule has 0 aliphatic rings. The van der Waals surface area contributed by atoms with Crippen LogP contribution in [-0.4, -0.2) is 21.2 Å². The van der Waals surface area contributed by atoms with Gasteiger partial charge >= 0.3 is 0 Å². The summed E-state index contributed by atoms with van der Waals surface area (Å²) in [5.74, 6) is 0. The summed E-state index contributed by atoms with van der Waals surface area (Å²) in [6, 6.07) is 2.01. The van der Waals surface area contributed by atoms with Gasteiger partial charge in [-0.3, -0.25) is 0 Å². The highest BCUT2D eigenvalue weighted by Gasteiger charge is 2.13. The van der Waals surface area contributed by atoms with Crippen molar-refractivity contribution in [3.63, 3.8) is 0 Å². The van der Waals surface area contributed by atoms with Crippen molar-refractivity contribution >= 4 is 18.0 Å². The van der Waals surface area contributed by atoms with E-state index in [1.165, 1.54) is 6.21 Å². The molecule has 0 atom stereocenters. The lowest BCUT2D eigenvalue weighted by atomic mass is 10.2. The molecule has 0 saturated heterocycles. The van der Waals surface area contributed by atoms with E-state index in [2.05, 4.69) is 30.9 Å². The molecule has 82 valence electrons. The molecule has 0 radical (unpaired) electrons. The topological polar surface area (TPSA) is 45.5 Å². The summed E-state index contributed by atoms with van der Waals surface area (Å²) >= 11 is 1.72. The zero-order valence-electron chi connectivity index (χ0n) is 9.48. The smallest absolute Gasteiger partial charge is 0.0968 e. The summed E-state index contributed by atoms with van der Waals surface area (Å²) in [4.78, 5) is 4.30. The fourth-order valence-electron chi connectivity index (χ4n) is 1.11. The summed E-state index contributed by atoms with van der Waals surface area (Å²) in [6.45, 7) is 8.43. The maximum Gasteiger partial charge on any atom is 0.0968 e. The summed E-state index contributed by atoms with van der Waals surface area (Å²) < 4.78 is 0.159. The molecule has 0 aromatic carbocycles. The number of thioether (sulfide) groups is 1. The summed E-state index contributed by atoms with van der Waals surface area (Å²) in [5, 5.41) is 12.4. The highest BCUT2D eigenvalue weighted by molar-refractivity contribution is 8.00. The number of hydrogen-bond donors (Lipinski definition) is 1. The number of pyridine rings is 1. The maximum atomic E-state index is 8.44. The van der Waals surface area contributed by atoms with Gasteiger partial charge in [-0.15, -0.1) is 11.8 Å². The molecule has 3 nitrogen and oxygen atoms in total. The van der Waals surface area contributed by atoms with Crippen LogP contribution in [0.2, 0.25) is 0 Å². The molecule has 0 bridgehead atoms. The lowest BCUT2D eigenvalue weighted by Crippen LogP contribution is -2.07. The van der Waals surface area contributed by atoms with E-state index < -0.39 is 0 Å². The fraction of sp³-hybridized carbons (Fsp3) is 0.455. The first-order valence-electron chi connectivity index (χ1n) is 4.75. The third-order valence-corrected chi connectivity index (χ3v) is 2.78. The Morgan fingerprint density at radius 2 is 2.13 bits per heavy atom. The minimum Gasteiger partial charge on any atom is -0.411 e. The molecule has 0 aliphatic carbocycles. The van der Waals surface area contributed by atoms with E-state index in [4.69, 9.17) is 5.21 Å². The van der Waals surface area contributed by atoms with Crippen LogP contribution in [0.15, 0.2) is 22.4 Å². The second-order valence-corrected chi connectivity index (χ2v) is 6.19. The van der Waals surface area contributed by atoms with Gasteiger partial charge < -0.3 is 5.21 Å². The quantitative estimate of drug-likeness (QED) is 0.363. The van der Waals surface area contributed by atoms with E-state index in [0.717, 1.165) is 16.2 Å². The number of nitrogens with zero attached hydrogens (tertiary/aromatic N) is 2. The number of aryl methyl sites for hydroxylation is 1. The predicted molar refractivity (Wildman–Crippen MR) is 64.0 cm³/mol. The van der Waals surface area contributed by atoms with Crippen LogP contribution in [0.5, 0.6) is 0 Å². The van der Waals surface area contributed by atoms with Gasteiger partial charge in [0.25, 0.3) is 0 Å². The Bertz CT molecular complexity index is 369. The average Bonchev–Trinajstić information content (AvgIpc) is 2.07. The second-order valence-electron chi connectivity index (χ2n) is 4.34. The molecular weight excluding hydrogens is 208 g/mol. The lowest BCUT2D eigenvalue weighted by molar-refractivity contribution is 0.322. The first-order chi connectivity index (χ1) is 6.92. The van der Waals surface area contributed by atoms with Crippen LogP contribution in [0.1, 0.15) is 31.9 Å². The first-order valence-corrected chi connectivity index (χ1v) is 5.57. The zero-order chi connectivity index (χ0) is 11.5. The monoisotopic (exact) mass is 224 g/mol. The van der Waals surface area contributed by atoms with Crippen LogP contribution >= 0.6 is 11.8 Å². The number of aromatic nitrogens is 1. The van der Waals surface area contributed by atoms with Gasteiger partial charge in [-0.25, -0.2) is 4.98 Å². The Morgan fingerprint density at radius 1 is 1.47 bits per heavy atom.